The third-order valence-electron chi connectivity index (χ3n) is 3.58. The maximum Gasteiger partial charge on any atom is 0.162 e. The number of nitrogens with two attached hydrogens (primary N) is 1. The van der Waals surface area contributed by atoms with Gasteiger partial charge in [0.2, 0.25) is 0 Å². The van der Waals surface area contributed by atoms with Gasteiger partial charge in [0.25, 0.3) is 0 Å². The fraction of sp³-hybridized carbons (Fsp3) is 0.667. The van der Waals surface area contributed by atoms with Crippen LogP contribution in [0.25, 0.3) is 0 Å². The molecule has 0 amide bonds. The topological polar surface area (TPSA) is 55.0 Å². The quantitative estimate of drug-likeness (QED) is 0.618. The predicted octanol–water partition coefficient (Wildman–Crippen LogP) is 3.13. The Labute approximate surface area is 127 Å². The molecule has 0 saturated carbocycles. The van der Waals surface area contributed by atoms with Crippen LogP contribution < -0.4 is 10.6 Å². The molecule has 5 heteroatoms. The zero-order valence-corrected chi connectivity index (χ0v) is 14.0. The Bertz CT molecular complexity index is 471. The lowest BCUT2D eigenvalue weighted by Crippen LogP contribution is -2.35. The largest absolute Gasteiger partial charge is 0.389 e. The summed E-state index contributed by atoms with van der Waals surface area (Å²) in [5, 5.41) is 8.62. The van der Waals surface area contributed by atoms with Gasteiger partial charge in [-0.1, -0.05) is 32.0 Å². The minimum Gasteiger partial charge on any atom is -0.389 e. The highest BCUT2D eigenvalue weighted by Crippen LogP contribution is 2.24. The number of hydrogen-bond donors (Lipinski definition) is 1. The first-order valence-electron chi connectivity index (χ1n) is 7.30. The van der Waals surface area contributed by atoms with Crippen molar-refractivity contribution in [3.05, 3.63) is 16.8 Å². The molecule has 0 unspecified atom stereocenters. The van der Waals surface area contributed by atoms with Crippen molar-refractivity contribution in [2.24, 2.45) is 5.73 Å². The minimum atomic E-state index is 0.344. The molecule has 112 valence electrons. The summed E-state index contributed by atoms with van der Waals surface area (Å²) in [5.41, 5.74) is 8.70. The van der Waals surface area contributed by atoms with E-state index in [1.54, 1.807) is 0 Å². The molecule has 0 atom stereocenters. The Morgan fingerprint density at radius 1 is 1.25 bits per heavy atom. The van der Waals surface area contributed by atoms with Crippen molar-refractivity contribution in [1.82, 2.24) is 10.2 Å². The third kappa shape index (κ3) is 3.88. The molecule has 0 aliphatic carbocycles. The highest BCUT2D eigenvalue weighted by Gasteiger charge is 2.20. The van der Waals surface area contributed by atoms with Crippen LogP contribution in [0.4, 0.5) is 5.82 Å². The number of aromatic nitrogens is 2. The van der Waals surface area contributed by atoms with Gasteiger partial charge < -0.3 is 10.6 Å². The molecule has 2 N–H and O–H groups in total. The molecule has 0 spiro atoms. The van der Waals surface area contributed by atoms with Gasteiger partial charge in [-0.2, -0.15) is 5.10 Å². The maximum absolute atomic E-state index is 5.91. The van der Waals surface area contributed by atoms with Gasteiger partial charge in [0, 0.05) is 12.6 Å². The van der Waals surface area contributed by atoms with E-state index in [-0.39, 0.29) is 0 Å². The number of thiocarbonyl (C=S) groups is 1. The number of unbranched alkanes of at least 4 members (excludes halogenated alkanes) is 2. The number of aryl methyl sites for hydroxylation is 1. The normalized spacial score (nSPS) is 10.9. The molecule has 1 aromatic rings. The average molecular weight is 294 g/mol. The van der Waals surface area contributed by atoms with Crippen molar-refractivity contribution < 1.29 is 0 Å². The van der Waals surface area contributed by atoms with Crippen molar-refractivity contribution in [3.63, 3.8) is 0 Å². The van der Waals surface area contributed by atoms with Gasteiger partial charge in [0.15, 0.2) is 5.82 Å². The van der Waals surface area contributed by atoms with E-state index in [0.717, 1.165) is 35.6 Å². The second-order valence-electron chi connectivity index (χ2n) is 5.47. The molecular formula is C15H26N4S. The van der Waals surface area contributed by atoms with Gasteiger partial charge >= 0.3 is 0 Å². The Morgan fingerprint density at radius 2 is 1.90 bits per heavy atom. The van der Waals surface area contributed by atoms with E-state index in [0.29, 0.717) is 11.0 Å². The maximum atomic E-state index is 5.91. The summed E-state index contributed by atoms with van der Waals surface area (Å²) < 4.78 is 0. The van der Waals surface area contributed by atoms with Crippen LogP contribution in [0.2, 0.25) is 0 Å². The second kappa shape index (κ2) is 7.53. The summed E-state index contributed by atoms with van der Waals surface area (Å²) in [7, 11) is 0. The molecule has 0 bridgehead atoms. The summed E-state index contributed by atoms with van der Waals surface area (Å²) in [6.07, 6.45) is 3.55. The van der Waals surface area contributed by atoms with Gasteiger partial charge in [-0.15, -0.1) is 5.10 Å². The summed E-state index contributed by atoms with van der Waals surface area (Å²) >= 11 is 5.22. The van der Waals surface area contributed by atoms with Crippen LogP contribution in [0.1, 0.15) is 56.9 Å². The van der Waals surface area contributed by atoms with E-state index in [4.69, 9.17) is 18.0 Å². The SMILES string of the molecule is CCCCCN(c1nnc(C)c(C)c1C(N)=S)C(C)C. The molecule has 1 aromatic heterocycles. The first-order chi connectivity index (χ1) is 9.40. The summed E-state index contributed by atoms with van der Waals surface area (Å²) in [6, 6.07) is 0.344. The van der Waals surface area contributed by atoms with E-state index in [2.05, 4.69) is 35.9 Å². The van der Waals surface area contributed by atoms with Crippen molar-refractivity contribution in [3.8, 4) is 0 Å². The summed E-state index contributed by atoms with van der Waals surface area (Å²) in [6.45, 7) is 11.4. The zero-order valence-electron chi connectivity index (χ0n) is 13.2. The van der Waals surface area contributed by atoms with Gasteiger partial charge in [-0.25, -0.2) is 0 Å². The van der Waals surface area contributed by atoms with E-state index in [1.807, 2.05) is 13.8 Å². The monoisotopic (exact) mass is 294 g/mol. The Morgan fingerprint density at radius 3 is 2.40 bits per heavy atom. The fourth-order valence-electron chi connectivity index (χ4n) is 2.23. The lowest BCUT2D eigenvalue weighted by Gasteiger charge is -2.30. The molecular weight excluding hydrogens is 268 g/mol. The van der Waals surface area contributed by atoms with Crippen LogP contribution in [0.3, 0.4) is 0 Å². The van der Waals surface area contributed by atoms with Crippen LogP contribution in [0, 0.1) is 13.8 Å². The number of rotatable bonds is 7. The Balaban J connectivity index is 3.19. The molecule has 0 saturated heterocycles. The standard InChI is InChI=1S/C15H26N4S/c1-6-7-8-9-19(10(2)3)15-13(14(16)20)11(4)12(5)17-18-15/h10H,6-9H2,1-5H3,(H2,16,20). The Kier molecular flexibility index (Phi) is 6.33. The van der Waals surface area contributed by atoms with Crippen molar-refractivity contribution in [1.29, 1.82) is 0 Å². The summed E-state index contributed by atoms with van der Waals surface area (Å²) in [5.74, 6) is 0.826. The van der Waals surface area contributed by atoms with Gasteiger partial charge in [-0.3, -0.25) is 0 Å². The number of anilines is 1. The smallest absolute Gasteiger partial charge is 0.162 e. The molecule has 1 heterocycles. The van der Waals surface area contributed by atoms with Crippen LogP contribution >= 0.6 is 12.2 Å². The molecule has 1 rings (SSSR count). The predicted molar refractivity (Wildman–Crippen MR) is 89.4 cm³/mol. The van der Waals surface area contributed by atoms with Crippen LogP contribution in [0.15, 0.2) is 0 Å². The summed E-state index contributed by atoms with van der Waals surface area (Å²) in [4.78, 5) is 2.65. The molecule has 20 heavy (non-hydrogen) atoms. The highest BCUT2D eigenvalue weighted by molar-refractivity contribution is 7.80. The molecule has 0 fully saturated rings. The number of nitrogens with zero attached hydrogens (tertiary/aromatic N) is 3. The third-order valence-corrected chi connectivity index (χ3v) is 3.78. The lowest BCUT2D eigenvalue weighted by atomic mass is 10.1. The van der Waals surface area contributed by atoms with Gasteiger partial charge in [-0.05, 0) is 39.7 Å². The van der Waals surface area contributed by atoms with E-state index in [1.165, 1.54) is 12.8 Å². The number of hydrogen-bond acceptors (Lipinski definition) is 4. The molecule has 4 nitrogen and oxygen atoms in total. The van der Waals surface area contributed by atoms with E-state index < -0.39 is 0 Å². The molecule has 0 aliphatic rings. The minimum absolute atomic E-state index is 0.344. The van der Waals surface area contributed by atoms with E-state index in [9.17, 15) is 0 Å². The van der Waals surface area contributed by atoms with Gasteiger partial charge in [0.1, 0.15) is 4.99 Å². The zero-order chi connectivity index (χ0) is 15.3. The lowest BCUT2D eigenvalue weighted by molar-refractivity contribution is 0.615. The Hall–Kier alpha value is -1.23. The fourth-order valence-corrected chi connectivity index (χ4v) is 2.48. The molecule has 0 aromatic carbocycles. The van der Waals surface area contributed by atoms with E-state index >= 15 is 0 Å². The van der Waals surface area contributed by atoms with Gasteiger partial charge in [0.05, 0.1) is 11.3 Å². The van der Waals surface area contributed by atoms with Crippen LogP contribution in [-0.2, 0) is 0 Å². The molecule has 0 aliphatic heterocycles. The van der Waals surface area contributed by atoms with Crippen molar-refractivity contribution in [2.45, 2.75) is 59.9 Å². The molecule has 0 radical (unpaired) electrons. The average Bonchev–Trinajstić information content (AvgIpc) is 2.37. The first kappa shape index (κ1) is 16.8. The van der Waals surface area contributed by atoms with Crippen molar-refractivity contribution >= 4 is 23.0 Å². The highest BCUT2D eigenvalue weighted by atomic mass is 32.1. The van der Waals surface area contributed by atoms with Crippen molar-refractivity contribution in [2.75, 3.05) is 11.4 Å². The first-order valence-corrected chi connectivity index (χ1v) is 7.71. The van der Waals surface area contributed by atoms with Crippen LogP contribution in [-0.4, -0.2) is 27.8 Å². The van der Waals surface area contributed by atoms with Crippen LogP contribution in [0.5, 0.6) is 0 Å². The second-order valence-corrected chi connectivity index (χ2v) is 5.91.